The van der Waals surface area contributed by atoms with Gasteiger partial charge < -0.3 is 15.5 Å². The van der Waals surface area contributed by atoms with Crippen molar-refractivity contribution in [2.45, 2.75) is 26.3 Å². The molecule has 0 radical (unpaired) electrons. The van der Waals surface area contributed by atoms with Gasteiger partial charge in [-0.3, -0.25) is 9.69 Å². The van der Waals surface area contributed by atoms with E-state index in [0.29, 0.717) is 11.3 Å². The molecule has 3 rings (SSSR count). The van der Waals surface area contributed by atoms with E-state index in [9.17, 15) is 9.59 Å². The molecule has 150 valence electrons. The molecule has 6 nitrogen and oxygen atoms in total. The highest BCUT2D eigenvalue weighted by molar-refractivity contribution is 7.09. The summed E-state index contributed by atoms with van der Waals surface area (Å²) in [6.45, 7) is 8.17. The number of hydrogen-bond acceptors (Lipinski definition) is 4. The number of carbonyl (C=O) groups excluding carboxylic acids is 2. The monoisotopic (exact) mass is 400 g/mol. The molecule has 1 aliphatic heterocycles. The number of carbonyl (C=O) groups is 2. The van der Waals surface area contributed by atoms with Crippen molar-refractivity contribution in [2.24, 2.45) is 0 Å². The number of nitrogens with one attached hydrogen (secondary N) is 2. The van der Waals surface area contributed by atoms with E-state index in [-0.39, 0.29) is 18.0 Å². The second-order valence-corrected chi connectivity index (χ2v) is 8.33. The van der Waals surface area contributed by atoms with Gasteiger partial charge in [-0.15, -0.1) is 11.3 Å². The van der Waals surface area contributed by atoms with Gasteiger partial charge in [0.25, 0.3) is 5.91 Å². The Bertz CT molecular complexity index is 766. The summed E-state index contributed by atoms with van der Waals surface area (Å²) in [5, 5.41) is 7.66. The molecule has 0 saturated carbocycles. The molecule has 1 fully saturated rings. The lowest BCUT2D eigenvalue weighted by Gasteiger charge is -2.34. The Hall–Kier alpha value is -2.38. The first kappa shape index (κ1) is 20.4. The Labute approximate surface area is 170 Å². The number of nitrogens with zero attached hydrogens (tertiary/aromatic N) is 2. The topological polar surface area (TPSA) is 64.7 Å². The van der Waals surface area contributed by atoms with Crippen LogP contribution in [0.2, 0.25) is 0 Å². The van der Waals surface area contributed by atoms with Crippen LogP contribution in [0, 0.1) is 0 Å². The Kier molecular flexibility index (Phi) is 7.06. The average molecular weight is 401 g/mol. The molecule has 0 atom stereocenters. The second-order valence-electron chi connectivity index (χ2n) is 7.29. The second kappa shape index (κ2) is 9.71. The van der Waals surface area contributed by atoms with Gasteiger partial charge in [0.05, 0.1) is 0 Å². The molecule has 1 aromatic carbocycles. The van der Waals surface area contributed by atoms with Crippen LogP contribution in [0.4, 0.5) is 10.5 Å². The van der Waals surface area contributed by atoms with Crippen LogP contribution in [0.25, 0.3) is 0 Å². The highest BCUT2D eigenvalue weighted by Gasteiger charge is 2.22. The summed E-state index contributed by atoms with van der Waals surface area (Å²) in [5.74, 6) is 0.0519. The molecule has 1 aliphatic rings. The Morgan fingerprint density at radius 2 is 1.79 bits per heavy atom. The number of amides is 3. The van der Waals surface area contributed by atoms with Crippen molar-refractivity contribution in [3.8, 4) is 0 Å². The quantitative estimate of drug-likeness (QED) is 0.782. The van der Waals surface area contributed by atoms with E-state index in [2.05, 4.69) is 33.0 Å². The number of urea groups is 1. The summed E-state index contributed by atoms with van der Waals surface area (Å²) < 4.78 is 0. The zero-order chi connectivity index (χ0) is 19.9. The molecule has 2 heterocycles. The van der Waals surface area contributed by atoms with Crippen molar-refractivity contribution in [3.63, 3.8) is 0 Å². The number of hydrogen-bond donors (Lipinski definition) is 2. The van der Waals surface area contributed by atoms with Crippen LogP contribution in [0.1, 0.15) is 29.1 Å². The molecule has 2 aromatic rings. The molecule has 0 spiro atoms. The van der Waals surface area contributed by atoms with E-state index >= 15 is 0 Å². The minimum atomic E-state index is -0.243. The van der Waals surface area contributed by atoms with Crippen LogP contribution in [0.5, 0.6) is 0 Å². The number of anilines is 1. The van der Waals surface area contributed by atoms with Crippen molar-refractivity contribution in [1.82, 2.24) is 15.1 Å². The maximum Gasteiger partial charge on any atom is 0.319 e. The molecule has 7 heteroatoms. The van der Waals surface area contributed by atoms with Crippen molar-refractivity contribution >= 4 is 29.0 Å². The minimum absolute atomic E-state index is 0.0519. The van der Waals surface area contributed by atoms with Gasteiger partial charge in [-0.2, -0.15) is 0 Å². The first-order chi connectivity index (χ1) is 13.5. The number of piperazine rings is 1. The molecule has 0 unspecified atom stereocenters. The maximum absolute atomic E-state index is 12.7. The normalized spacial score (nSPS) is 14.9. The SMILES string of the molecule is CC(C)NC(=O)Nc1ccc(C(=O)N2CCN(CCc3cccs3)CC2)cc1. The molecule has 1 aromatic heterocycles. The van der Waals surface area contributed by atoms with Gasteiger partial charge in [-0.1, -0.05) is 6.07 Å². The fourth-order valence-electron chi connectivity index (χ4n) is 3.21. The summed E-state index contributed by atoms with van der Waals surface area (Å²) in [5.41, 5.74) is 1.33. The van der Waals surface area contributed by atoms with Crippen molar-refractivity contribution in [1.29, 1.82) is 0 Å². The van der Waals surface area contributed by atoms with Gasteiger partial charge in [-0.25, -0.2) is 4.79 Å². The van der Waals surface area contributed by atoms with Crippen molar-refractivity contribution in [3.05, 3.63) is 52.2 Å². The lowest BCUT2D eigenvalue weighted by Crippen LogP contribution is -2.49. The van der Waals surface area contributed by atoms with Gasteiger partial charge in [0.1, 0.15) is 0 Å². The van der Waals surface area contributed by atoms with E-state index in [0.717, 1.165) is 39.1 Å². The smallest absolute Gasteiger partial charge is 0.319 e. The fourth-order valence-corrected chi connectivity index (χ4v) is 3.90. The third-order valence-corrected chi connectivity index (χ3v) is 5.66. The standard InChI is InChI=1S/C21H28N4O2S/c1-16(2)22-21(27)23-18-7-5-17(6-8-18)20(26)25-13-11-24(12-14-25)10-9-19-4-3-15-28-19/h3-8,15-16H,9-14H2,1-2H3,(H2,22,23,27). The molecule has 0 bridgehead atoms. The average Bonchev–Trinajstić information content (AvgIpc) is 3.20. The van der Waals surface area contributed by atoms with Gasteiger partial charge in [0.15, 0.2) is 0 Å². The molecular weight excluding hydrogens is 372 g/mol. The van der Waals surface area contributed by atoms with Gasteiger partial charge >= 0.3 is 6.03 Å². The fraction of sp³-hybridized carbons (Fsp3) is 0.429. The Morgan fingerprint density at radius 1 is 1.07 bits per heavy atom. The van der Waals surface area contributed by atoms with E-state index in [1.165, 1.54) is 4.88 Å². The van der Waals surface area contributed by atoms with Crippen LogP contribution in [0.3, 0.4) is 0 Å². The van der Waals surface area contributed by atoms with Crippen LogP contribution in [-0.4, -0.2) is 60.5 Å². The molecule has 2 N–H and O–H groups in total. The molecule has 0 aliphatic carbocycles. The largest absolute Gasteiger partial charge is 0.336 e. The summed E-state index contributed by atoms with van der Waals surface area (Å²) >= 11 is 1.80. The third kappa shape index (κ3) is 5.81. The number of thiophene rings is 1. The Morgan fingerprint density at radius 3 is 2.39 bits per heavy atom. The zero-order valence-electron chi connectivity index (χ0n) is 16.5. The first-order valence-corrected chi connectivity index (χ1v) is 10.6. The molecule has 28 heavy (non-hydrogen) atoms. The summed E-state index contributed by atoms with van der Waals surface area (Å²) in [6.07, 6.45) is 1.07. The highest BCUT2D eigenvalue weighted by Crippen LogP contribution is 2.14. The predicted molar refractivity (Wildman–Crippen MR) is 114 cm³/mol. The van der Waals surface area contributed by atoms with E-state index in [1.807, 2.05) is 18.7 Å². The molecule has 3 amide bonds. The highest BCUT2D eigenvalue weighted by atomic mass is 32.1. The van der Waals surface area contributed by atoms with E-state index in [1.54, 1.807) is 35.6 Å². The van der Waals surface area contributed by atoms with Crippen LogP contribution in [-0.2, 0) is 6.42 Å². The van der Waals surface area contributed by atoms with Crippen molar-refractivity contribution in [2.75, 3.05) is 38.0 Å². The minimum Gasteiger partial charge on any atom is -0.336 e. The van der Waals surface area contributed by atoms with Gasteiger partial charge in [0, 0.05) is 54.9 Å². The number of benzene rings is 1. The van der Waals surface area contributed by atoms with Crippen molar-refractivity contribution < 1.29 is 9.59 Å². The van der Waals surface area contributed by atoms with Crippen LogP contribution < -0.4 is 10.6 Å². The zero-order valence-corrected chi connectivity index (χ0v) is 17.3. The summed E-state index contributed by atoms with van der Waals surface area (Å²) in [6, 6.07) is 11.2. The van der Waals surface area contributed by atoms with Crippen LogP contribution >= 0.6 is 11.3 Å². The molecular formula is C21H28N4O2S. The lowest BCUT2D eigenvalue weighted by molar-refractivity contribution is 0.0639. The van der Waals surface area contributed by atoms with Gasteiger partial charge in [0.2, 0.25) is 0 Å². The van der Waals surface area contributed by atoms with Gasteiger partial charge in [-0.05, 0) is 56.0 Å². The third-order valence-electron chi connectivity index (χ3n) is 4.72. The predicted octanol–water partition coefficient (Wildman–Crippen LogP) is 3.28. The number of rotatable bonds is 6. The Balaban J connectivity index is 1.46. The first-order valence-electron chi connectivity index (χ1n) is 9.73. The lowest BCUT2D eigenvalue weighted by atomic mass is 10.1. The maximum atomic E-state index is 12.7. The van der Waals surface area contributed by atoms with Crippen LogP contribution in [0.15, 0.2) is 41.8 Å². The van der Waals surface area contributed by atoms with E-state index < -0.39 is 0 Å². The summed E-state index contributed by atoms with van der Waals surface area (Å²) in [4.78, 5) is 30.2. The summed E-state index contributed by atoms with van der Waals surface area (Å²) in [7, 11) is 0. The molecule has 1 saturated heterocycles. The van der Waals surface area contributed by atoms with E-state index in [4.69, 9.17) is 0 Å².